The highest BCUT2D eigenvalue weighted by molar-refractivity contribution is 6.29. The van der Waals surface area contributed by atoms with E-state index in [-0.39, 0.29) is 5.41 Å². The molecule has 0 amide bonds. The highest BCUT2D eigenvalue weighted by Gasteiger charge is 2.45. The lowest BCUT2D eigenvalue weighted by Crippen LogP contribution is -2.20. The molecule has 0 unspecified atom stereocenters. The third kappa shape index (κ3) is 4.37. The van der Waals surface area contributed by atoms with Crippen molar-refractivity contribution >= 4 is 43.6 Å². The van der Waals surface area contributed by atoms with E-state index in [4.69, 9.17) is 0 Å². The van der Waals surface area contributed by atoms with Gasteiger partial charge in [0.15, 0.2) is 0 Å². The second-order valence-corrected chi connectivity index (χ2v) is 15.6. The predicted molar refractivity (Wildman–Crippen MR) is 231 cm³/mol. The van der Waals surface area contributed by atoms with Gasteiger partial charge in [-0.05, 0) is 106 Å². The van der Waals surface area contributed by atoms with Crippen LogP contribution in [-0.2, 0) is 5.41 Å². The minimum atomic E-state index is 0.125. The summed E-state index contributed by atoms with van der Waals surface area (Å²) < 4.78 is 5.00. The molecule has 10 aromatic rings. The van der Waals surface area contributed by atoms with Crippen molar-refractivity contribution in [2.75, 3.05) is 0 Å². The molecule has 0 saturated heterocycles. The Bertz CT molecular complexity index is 3130. The van der Waals surface area contributed by atoms with Gasteiger partial charge in [-0.15, -0.1) is 0 Å². The van der Waals surface area contributed by atoms with Crippen LogP contribution in [0.15, 0.2) is 182 Å². The third-order valence-corrected chi connectivity index (χ3v) is 12.9. The van der Waals surface area contributed by atoms with Crippen LogP contribution in [0.1, 0.15) is 36.8 Å². The second-order valence-electron chi connectivity index (χ2n) is 15.6. The lowest BCUT2D eigenvalue weighted by Gasteiger charge is -2.27. The van der Waals surface area contributed by atoms with Crippen LogP contribution in [0.2, 0.25) is 0 Å². The van der Waals surface area contributed by atoms with Crippen LogP contribution in [0.4, 0.5) is 0 Å². The molecule has 2 heteroatoms. The zero-order chi connectivity index (χ0) is 36.1. The quantitative estimate of drug-likeness (QED) is 0.173. The largest absolute Gasteiger partial charge is 0.309 e. The molecule has 2 aromatic heterocycles. The summed E-state index contributed by atoms with van der Waals surface area (Å²) >= 11 is 0. The zero-order valence-electron chi connectivity index (χ0n) is 30.5. The molecular weight excluding hydrogens is 665 g/mol. The molecule has 8 aromatic carbocycles. The summed E-state index contributed by atoms with van der Waals surface area (Å²) in [6.45, 7) is 0. The van der Waals surface area contributed by atoms with Crippen LogP contribution in [0.5, 0.6) is 0 Å². The van der Waals surface area contributed by atoms with Gasteiger partial charge in [0.05, 0.1) is 22.1 Å². The Morgan fingerprint density at radius 3 is 1.56 bits per heavy atom. The molecule has 1 spiro atoms. The van der Waals surface area contributed by atoms with E-state index in [1.165, 1.54) is 125 Å². The Labute approximate surface area is 320 Å². The number of rotatable bonds is 4. The van der Waals surface area contributed by atoms with E-state index < -0.39 is 0 Å². The minimum absolute atomic E-state index is 0.125. The van der Waals surface area contributed by atoms with E-state index in [9.17, 15) is 0 Å². The first-order chi connectivity index (χ1) is 27.3. The van der Waals surface area contributed by atoms with Gasteiger partial charge in [-0.1, -0.05) is 146 Å². The van der Waals surface area contributed by atoms with Crippen LogP contribution < -0.4 is 0 Å². The molecule has 0 N–H and O–H groups in total. The van der Waals surface area contributed by atoms with Crippen molar-refractivity contribution in [2.24, 2.45) is 0 Å². The standard InChI is InChI=1S/C53H38N2/c1-2-13-35(14-3-1)36-23-25-37(26-24-36)38-15-12-16-39(33-38)54-47-21-8-5-18-43(47)51-49(54)29-30-50-52(51)44-19-6-9-22-48(44)55(50)40-27-28-42-41-17-4-7-20-45(41)53(46(42)34-40)31-10-11-32-53/h1-9,12-30,33-34H,10-11,31-32H2. The maximum Gasteiger partial charge on any atom is 0.0548 e. The average molecular weight is 703 g/mol. The molecule has 1 saturated carbocycles. The summed E-state index contributed by atoms with van der Waals surface area (Å²) in [4.78, 5) is 0. The molecule has 260 valence electrons. The van der Waals surface area contributed by atoms with Gasteiger partial charge in [-0.3, -0.25) is 0 Å². The Hall–Kier alpha value is -6.64. The number of hydrogen-bond donors (Lipinski definition) is 0. The molecule has 1 fully saturated rings. The van der Waals surface area contributed by atoms with Gasteiger partial charge in [-0.2, -0.15) is 0 Å². The summed E-state index contributed by atoms with van der Waals surface area (Å²) in [5.74, 6) is 0. The Balaban J connectivity index is 1.06. The number of aromatic nitrogens is 2. The Morgan fingerprint density at radius 2 is 0.873 bits per heavy atom. The van der Waals surface area contributed by atoms with Crippen LogP contribution in [0, 0.1) is 0 Å². The zero-order valence-corrected chi connectivity index (χ0v) is 30.5. The molecule has 0 atom stereocenters. The molecule has 12 rings (SSSR count). The van der Waals surface area contributed by atoms with Crippen molar-refractivity contribution in [3.63, 3.8) is 0 Å². The number of fused-ring (bicyclic) bond motifs is 12. The fourth-order valence-corrected chi connectivity index (χ4v) is 10.5. The molecule has 2 nitrogen and oxygen atoms in total. The molecule has 2 aliphatic rings. The molecule has 2 aliphatic carbocycles. The normalized spacial score (nSPS) is 14.4. The van der Waals surface area contributed by atoms with Crippen molar-refractivity contribution in [1.82, 2.24) is 9.13 Å². The predicted octanol–water partition coefficient (Wildman–Crippen LogP) is 14.1. The van der Waals surface area contributed by atoms with Gasteiger partial charge in [0, 0.05) is 38.3 Å². The summed E-state index contributed by atoms with van der Waals surface area (Å²) in [5, 5.41) is 5.19. The van der Waals surface area contributed by atoms with E-state index in [1.807, 2.05) is 0 Å². The fourth-order valence-electron chi connectivity index (χ4n) is 10.5. The van der Waals surface area contributed by atoms with Crippen LogP contribution in [-0.4, -0.2) is 9.13 Å². The second kappa shape index (κ2) is 11.7. The van der Waals surface area contributed by atoms with Crippen molar-refractivity contribution in [3.05, 3.63) is 193 Å². The van der Waals surface area contributed by atoms with E-state index in [2.05, 4.69) is 191 Å². The van der Waals surface area contributed by atoms with Crippen molar-refractivity contribution in [2.45, 2.75) is 31.1 Å². The van der Waals surface area contributed by atoms with Gasteiger partial charge in [0.25, 0.3) is 0 Å². The highest BCUT2D eigenvalue weighted by Crippen LogP contribution is 2.57. The number of hydrogen-bond acceptors (Lipinski definition) is 0. The van der Waals surface area contributed by atoms with E-state index >= 15 is 0 Å². The molecule has 2 heterocycles. The number of para-hydroxylation sites is 2. The minimum Gasteiger partial charge on any atom is -0.309 e. The smallest absolute Gasteiger partial charge is 0.0548 e. The lowest BCUT2D eigenvalue weighted by molar-refractivity contribution is 0.549. The molecule has 55 heavy (non-hydrogen) atoms. The van der Waals surface area contributed by atoms with Crippen LogP contribution in [0.3, 0.4) is 0 Å². The lowest BCUT2D eigenvalue weighted by atomic mass is 9.77. The van der Waals surface area contributed by atoms with E-state index in [1.54, 1.807) is 0 Å². The Kier molecular flexibility index (Phi) is 6.54. The van der Waals surface area contributed by atoms with E-state index in [0.717, 1.165) is 0 Å². The average Bonchev–Trinajstić information content (AvgIpc) is 4.02. The fraction of sp³-hybridized carbons (Fsp3) is 0.0943. The SMILES string of the molecule is c1ccc(-c2ccc(-c3cccc(-n4c5ccccc5c5c6c7ccccc7n(-c7ccc8c(c7)C7(CCCC7)c7ccccc7-8)c6ccc54)c3)cc2)cc1. The van der Waals surface area contributed by atoms with Gasteiger partial charge in [0.1, 0.15) is 0 Å². The van der Waals surface area contributed by atoms with Gasteiger partial charge < -0.3 is 9.13 Å². The summed E-state index contributed by atoms with van der Waals surface area (Å²) in [6.07, 6.45) is 5.04. The highest BCUT2D eigenvalue weighted by atomic mass is 15.0. The molecule has 0 bridgehead atoms. The van der Waals surface area contributed by atoms with Crippen LogP contribution in [0.25, 0.3) is 88.4 Å². The molecule has 0 radical (unpaired) electrons. The number of benzene rings is 8. The maximum atomic E-state index is 2.54. The van der Waals surface area contributed by atoms with Gasteiger partial charge in [0.2, 0.25) is 0 Å². The first-order valence-electron chi connectivity index (χ1n) is 19.7. The van der Waals surface area contributed by atoms with Crippen molar-refractivity contribution in [1.29, 1.82) is 0 Å². The Morgan fingerprint density at radius 1 is 0.345 bits per heavy atom. The first kappa shape index (κ1) is 30.8. The number of nitrogens with zero attached hydrogens (tertiary/aromatic N) is 2. The third-order valence-electron chi connectivity index (χ3n) is 12.9. The van der Waals surface area contributed by atoms with Crippen molar-refractivity contribution in [3.8, 4) is 44.8 Å². The van der Waals surface area contributed by atoms with Gasteiger partial charge in [-0.25, -0.2) is 0 Å². The molecule has 0 aliphatic heterocycles. The van der Waals surface area contributed by atoms with Crippen LogP contribution >= 0.6 is 0 Å². The van der Waals surface area contributed by atoms with E-state index in [0.29, 0.717) is 0 Å². The summed E-state index contributed by atoms with van der Waals surface area (Å²) in [6, 6.07) is 67.8. The molecular formula is C53H38N2. The topological polar surface area (TPSA) is 9.86 Å². The first-order valence-corrected chi connectivity index (χ1v) is 19.7. The summed E-state index contributed by atoms with van der Waals surface area (Å²) in [5.41, 5.74) is 18.3. The summed E-state index contributed by atoms with van der Waals surface area (Å²) in [7, 11) is 0. The van der Waals surface area contributed by atoms with Crippen molar-refractivity contribution < 1.29 is 0 Å². The maximum absolute atomic E-state index is 2.54. The van der Waals surface area contributed by atoms with Gasteiger partial charge >= 0.3 is 0 Å². The monoisotopic (exact) mass is 702 g/mol.